The highest BCUT2D eigenvalue weighted by Gasteiger charge is 2.37. The summed E-state index contributed by atoms with van der Waals surface area (Å²) in [6.07, 6.45) is 4.70. The van der Waals surface area contributed by atoms with Crippen molar-refractivity contribution in [2.75, 3.05) is 32.1 Å². The monoisotopic (exact) mass is 715 g/mol. The van der Waals surface area contributed by atoms with Crippen molar-refractivity contribution in [3.8, 4) is 11.5 Å². The average Bonchev–Trinajstić information content (AvgIpc) is 3.46. The van der Waals surface area contributed by atoms with Crippen LogP contribution in [0.5, 0.6) is 11.5 Å². The van der Waals surface area contributed by atoms with Crippen molar-refractivity contribution in [3.63, 3.8) is 0 Å². The van der Waals surface area contributed by atoms with Gasteiger partial charge in [-0.05, 0) is 91.7 Å². The van der Waals surface area contributed by atoms with Crippen LogP contribution >= 0.6 is 27.7 Å². The van der Waals surface area contributed by atoms with E-state index in [4.69, 9.17) is 19.3 Å². The van der Waals surface area contributed by atoms with Gasteiger partial charge in [0.25, 0.3) is 5.91 Å². The largest absolute Gasteiger partial charge is 0.493 e. The molecule has 1 atom stereocenters. The van der Waals surface area contributed by atoms with E-state index in [-0.39, 0.29) is 24.4 Å². The van der Waals surface area contributed by atoms with E-state index in [0.29, 0.717) is 68.3 Å². The van der Waals surface area contributed by atoms with Gasteiger partial charge < -0.3 is 24.4 Å². The number of fused-ring (bicyclic) bond motifs is 1. The molecule has 0 radical (unpaired) electrons. The zero-order chi connectivity index (χ0) is 32.8. The molecule has 0 bridgehead atoms. The summed E-state index contributed by atoms with van der Waals surface area (Å²) in [4.78, 5) is 32.9. The molecule has 1 aliphatic heterocycles. The van der Waals surface area contributed by atoms with E-state index in [9.17, 15) is 14.0 Å². The molecule has 10 nitrogen and oxygen atoms in total. The van der Waals surface area contributed by atoms with Crippen LogP contribution in [0.3, 0.4) is 0 Å². The van der Waals surface area contributed by atoms with Gasteiger partial charge in [0.1, 0.15) is 18.0 Å². The minimum Gasteiger partial charge on any atom is -0.493 e. The number of hydrogen-bond donors (Lipinski definition) is 1. The van der Waals surface area contributed by atoms with E-state index in [1.165, 1.54) is 24.9 Å². The fourth-order valence-electron chi connectivity index (χ4n) is 5.76. The van der Waals surface area contributed by atoms with E-state index in [2.05, 4.69) is 26.2 Å². The molecule has 5 rings (SSSR count). The van der Waals surface area contributed by atoms with E-state index in [1.54, 1.807) is 33.8 Å². The molecule has 2 aliphatic rings. The van der Waals surface area contributed by atoms with E-state index < -0.39 is 12.0 Å². The summed E-state index contributed by atoms with van der Waals surface area (Å²) < 4.78 is 34.3. The van der Waals surface area contributed by atoms with Crippen LogP contribution in [0.15, 0.2) is 57.3 Å². The Morgan fingerprint density at radius 2 is 1.89 bits per heavy atom. The summed E-state index contributed by atoms with van der Waals surface area (Å²) in [6.45, 7) is 6.66. The number of likely N-dealkylation sites (N-methyl/N-ethyl adjacent to an activating group) is 1. The molecule has 1 aliphatic carbocycles. The van der Waals surface area contributed by atoms with Crippen molar-refractivity contribution in [3.05, 3.63) is 69.1 Å². The third kappa shape index (κ3) is 7.52. The minimum atomic E-state index is -0.723. The fraction of sp³-hybridized carbons (Fsp3) is 0.455. The highest BCUT2D eigenvalue weighted by Crippen LogP contribution is 2.43. The quantitative estimate of drug-likeness (QED) is 0.158. The number of aromatic nitrogens is 3. The van der Waals surface area contributed by atoms with E-state index >= 15 is 0 Å². The normalized spacial score (nSPS) is 16.4. The number of hydrogen-bond acceptors (Lipinski definition) is 9. The van der Waals surface area contributed by atoms with Crippen LogP contribution in [0.1, 0.15) is 70.0 Å². The Morgan fingerprint density at radius 1 is 1.15 bits per heavy atom. The molecule has 0 saturated heterocycles. The molecule has 1 unspecified atom stereocenters. The van der Waals surface area contributed by atoms with Crippen LogP contribution in [0.4, 0.5) is 10.3 Å². The number of thioether (sulfide) groups is 1. The topological polar surface area (TPSA) is 108 Å². The molecule has 246 valence electrons. The molecule has 1 amide bonds. The second-order valence-electron chi connectivity index (χ2n) is 11.2. The number of amides is 1. The highest BCUT2D eigenvalue weighted by atomic mass is 79.9. The number of ether oxygens (including phenoxy) is 3. The van der Waals surface area contributed by atoms with Crippen molar-refractivity contribution in [2.24, 2.45) is 0 Å². The molecule has 1 N–H and O–H groups in total. The Balaban J connectivity index is 1.50. The molecule has 3 aromatic rings. The maximum Gasteiger partial charge on any atom is 0.338 e. The number of halogens is 2. The maximum atomic E-state index is 14.3. The lowest BCUT2D eigenvalue weighted by atomic mass is 9.94. The first-order chi connectivity index (χ1) is 22.2. The van der Waals surface area contributed by atoms with Crippen LogP contribution in [0.25, 0.3) is 0 Å². The molecule has 2 aromatic carbocycles. The number of methoxy groups -OCH3 is 1. The number of nitrogens with one attached hydrogen (secondary N) is 1. The Labute approximate surface area is 281 Å². The van der Waals surface area contributed by atoms with Crippen LogP contribution in [0, 0.1) is 5.82 Å². The molecule has 2 heterocycles. The van der Waals surface area contributed by atoms with Crippen LogP contribution in [0.2, 0.25) is 0 Å². The van der Waals surface area contributed by atoms with Crippen molar-refractivity contribution in [2.45, 2.75) is 75.9 Å². The number of anilines is 1. The zero-order valence-electron chi connectivity index (χ0n) is 26.5. The van der Waals surface area contributed by atoms with Gasteiger partial charge >= 0.3 is 5.97 Å². The Morgan fingerprint density at radius 3 is 2.59 bits per heavy atom. The molecular formula is C33H39BrFN5O5S. The smallest absolute Gasteiger partial charge is 0.338 e. The lowest BCUT2D eigenvalue weighted by molar-refractivity contribution is -0.146. The Hall–Kier alpha value is -3.58. The van der Waals surface area contributed by atoms with Crippen molar-refractivity contribution in [1.29, 1.82) is 0 Å². The van der Waals surface area contributed by atoms with Crippen molar-refractivity contribution < 1.29 is 28.2 Å². The summed E-state index contributed by atoms with van der Waals surface area (Å²) >= 11 is 4.92. The number of nitrogens with zero attached hydrogens (tertiary/aromatic N) is 4. The minimum absolute atomic E-state index is 0.139. The van der Waals surface area contributed by atoms with E-state index in [0.717, 1.165) is 32.1 Å². The standard InChI is InChI=1S/C33H39BrFN5O5S/c1-5-39(6-2)27(41)18-44-30-24(34)16-22(17-26(30)43-4)29-28(31(42)45-23-13-8-7-9-14-23)20(3)36-32-37-33(38-40(29)32)46-19-21-12-10-11-15-25(21)35/h10-12,15-17,23,29H,5-9,13-14,18-19H2,1-4H3,(H,36,37,38). The second kappa shape index (κ2) is 15.3. The van der Waals surface area contributed by atoms with Gasteiger partial charge in [-0.2, -0.15) is 4.98 Å². The Bertz CT molecular complexity index is 1600. The molecule has 0 spiro atoms. The number of rotatable bonds is 12. The van der Waals surface area contributed by atoms with Gasteiger partial charge in [0, 0.05) is 24.5 Å². The average molecular weight is 717 g/mol. The van der Waals surface area contributed by atoms with E-state index in [1.807, 2.05) is 26.8 Å². The molecule has 1 fully saturated rings. The first kappa shape index (κ1) is 33.8. The second-order valence-corrected chi connectivity index (χ2v) is 13.0. The van der Waals surface area contributed by atoms with Crippen molar-refractivity contribution in [1.82, 2.24) is 19.7 Å². The SMILES string of the molecule is CCN(CC)C(=O)COc1c(Br)cc(C2C(C(=O)OC3CCCCC3)=C(C)Nc3nc(SCc4ccccc4F)nn32)cc1OC. The summed E-state index contributed by atoms with van der Waals surface area (Å²) in [6, 6.07) is 9.48. The van der Waals surface area contributed by atoms with Gasteiger partial charge in [0.2, 0.25) is 11.1 Å². The summed E-state index contributed by atoms with van der Waals surface area (Å²) in [7, 11) is 1.52. The van der Waals surface area contributed by atoms with Crippen LogP contribution in [-0.4, -0.2) is 64.5 Å². The van der Waals surface area contributed by atoms with Gasteiger partial charge in [0.15, 0.2) is 18.1 Å². The predicted octanol–water partition coefficient (Wildman–Crippen LogP) is 6.89. The van der Waals surface area contributed by atoms with Gasteiger partial charge in [-0.3, -0.25) is 4.79 Å². The Kier molecular flexibility index (Phi) is 11.3. The van der Waals surface area contributed by atoms with Crippen molar-refractivity contribution >= 4 is 45.5 Å². The van der Waals surface area contributed by atoms with Gasteiger partial charge in [-0.1, -0.05) is 36.4 Å². The van der Waals surface area contributed by atoms with Crippen LogP contribution in [-0.2, 0) is 20.1 Å². The molecule has 1 aromatic heterocycles. The number of carbonyl (C=O) groups is 2. The lowest BCUT2D eigenvalue weighted by Crippen LogP contribution is -2.34. The number of allylic oxidation sites excluding steroid dienone is 1. The van der Waals surface area contributed by atoms with Crippen LogP contribution < -0.4 is 14.8 Å². The third-order valence-corrected chi connectivity index (χ3v) is 9.69. The van der Waals surface area contributed by atoms with Gasteiger partial charge in [-0.15, -0.1) is 5.10 Å². The number of carbonyl (C=O) groups excluding carboxylic acids is 2. The number of benzene rings is 2. The molecule has 46 heavy (non-hydrogen) atoms. The molecule has 13 heteroatoms. The third-order valence-electron chi connectivity index (χ3n) is 8.22. The fourth-order valence-corrected chi connectivity index (χ4v) is 7.15. The van der Waals surface area contributed by atoms with Gasteiger partial charge in [-0.25, -0.2) is 13.9 Å². The number of esters is 1. The molecular weight excluding hydrogens is 677 g/mol. The highest BCUT2D eigenvalue weighted by molar-refractivity contribution is 9.10. The summed E-state index contributed by atoms with van der Waals surface area (Å²) in [5.41, 5.74) is 2.20. The maximum absolute atomic E-state index is 14.3. The first-order valence-corrected chi connectivity index (χ1v) is 17.3. The summed E-state index contributed by atoms with van der Waals surface area (Å²) in [5.74, 6) is 0.661. The van der Waals surface area contributed by atoms with Gasteiger partial charge in [0.05, 0.1) is 17.2 Å². The molecule has 1 saturated carbocycles. The zero-order valence-corrected chi connectivity index (χ0v) is 28.9. The summed E-state index contributed by atoms with van der Waals surface area (Å²) in [5, 5.41) is 8.44. The lowest BCUT2D eigenvalue weighted by Gasteiger charge is -2.30. The first-order valence-electron chi connectivity index (χ1n) is 15.5. The predicted molar refractivity (Wildman–Crippen MR) is 178 cm³/mol.